The number of carbonyl (C=O) groups is 1. The molecule has 0 saturated carbocycles. The van der Waals surface area contributed by atoms with Gasteiger partial charge in [0, 0.05) is 18.6 Å². The van der Waals surface area contributed by atoms with Gasteiger partial charge in [-0.15, -0.1) is 0 Å². The van der Waals surface area contributed by atoms with Crippen molar-refractivity contribution in [1.29, 1.82) is 0 Å². The average Bonchev–Trinajstić information content (AvgIpc) is 2.38. The van der Waals surface area contributed by atoms with E-state index < -0.39 is 0 Å². The van der Waals surface area contributed by atoms with Crippen LogP contribution in [0.5, 0.6) is 0 Å². The average molecular weight is 301 g/mol. The second-order valence-corrected chi connectivity index (χ2v) is 6.20. The van der Waals surface area contributed by atoms with Crippen molar-refractivity contribution in [1.82, 2.24) is 4.90 Å². The molecule has 0 aromatic heterocycles. The molecule has 106 valence electrons. The molecule has 0 aliphatic carbocycles. The third kappa shape index (κ3) is 6.32. The molecule has 0 heterocycles. The number of benzene rings is 1. The summed E-state index contributed by atoms with van der Waals surface area (Å²) in [4.78, 5) is 13.7. The van der Waals surface area contributed by atoms with E-state index in [9.17, 15) is 4.79 Å². The summed E-state index contributed by atoms with van der Waals surface area (Å²) in [6.07, 6.45) is 0. The quantitative estimate of drug-likeness (QED) is 0.842. The van der Waals surface area contributed by atoms with Crippen LogP contribution in [0.3, 0.4) is 0 Å². The smallest absolute Gasteiger partial charge is 0.232 e. The van der Waals surface area contributed by atoms with Crippen LogP contribution in [-0.4, -0.2) is 35.9 Å². The molecule has 1 aromatic carbocycles. The number of nitrogens with zero attached hydrogens (tertiary/aromatic N) is 1. The van der Waals surface area contributed by atoms with Crippen LogP contribution in [0.4, 0.5) is 0 Å². The van der Waals surface area contributed by atoms with Crippen LogP contribution >= 0.6 is 23.4 Å². The summed E-state index contributed by atoms with van der Waals surface area (Å²) in [5.74, 6) is 2.01. The number of nitrogens with two attached hydrogens (primary N) is 1. The Morgan fingerprint density at radius 2 is 2.26 bits per heavy atom. The molecule has 19 heavy (non-hydrogen) atoms. The standard InChI is InChI=1S/C14H21ClN2OS/c1-11(7-16)9-19-10-14(18)17(2)8-12-4-3-5-13(15)6-12/h3-6,11H,7-10,16H2,1-2H3. The summed E-state index contributed by atoms with van der Waals surface area (Å²) in [5, 5.41) is 0.699. The zero-order valence-corrected chi connectivity index (χ0v) is 13.0. The molecule has 0 aliphatic heterocycles. The predicted octanol–water partition coefficient (Wildman–Crippen LogP) is 2.63. The van der Waals surface area contributed by atoms with Gasteiger partial charge in [-0.05, 0) is 35.9 Å². The topological polar surface area (TPSA) is 46.3 Å². The Hall–Kier alpha value is -0.710. The zero-order chi connectivity index (χ0) is 14.3. The van der Waals surface area contributed by atoms with Gasteiger partial charge in [-0.1, -0.05) is 30.7 Å². The lowest BCUT2D eigenvalue weighted by Gasteiger charge is -2.17. The summed E-state index contributed by atoms with van der Waals surface area (Å²) in [7, 11) is 1.82. The van der Waals surface area contributed by atoms with Gasteiger partial charge in [-0.25, -0.2) is 0 Å². The molecule has 0 bridgehead atoms. The van der Waals surface area contributed by atoms with Crippen LogP contribution in [0.25, 0.3) is 0 Å². The Bertz CT molecular complexity index is 414. The number of rotatable bonds is 7. The molecule has 1 unspecified atom stereocenters. The Labute approximate surface area is 124 Å². The summed E-state index contributed by atoms with van der Waals surface area (Å²) >= 11 is 7.56. The first kappa shape index (κ1) is 16.3. The number of hydrogen-bond donors (Lipinski definition) is 1. The van der Waals surface area contributed by atoms with Gasteiger partial charge in [0.25, 0.3) is 0 Å². The normalized spacial score (nSPS) is 12.2. The first-order valence-electron chi connectivity index (χ1n) is 6.29. The van der Waals surface area contributed by atoms with Crippen LogP contribution in [0, 0.1) is 5.92 Å². The highest BCUT2D eigenvalue weighted by molar-refractivity contribution is 7.99. The molecule has 0 aliphatic rings. The number of hydrogen-bond acceptors (Lipinski definition) is 3. The SMILES string of the molecule is CC(CN)CSCC(=O)N(C)Cc1cccc(Cl)c1. The van der Waals surface area contributed by atoms with Crippen LogP contribution in [0.1, 0.15) is 12.5 Å². The first-order chi connectivity index (χ1) is 9.02. The second kappa shape index (κ2) is 8.46. The van der Waals surface area contributed by atoms with Gasteiger partial charge in [0.2, 0.25) is 5.91 Å². The van der Waals surface area contributed by atoms with E-state index in [1.165, 1.54) is 0 Å². The molecule has 3 nitrogen and oxygen atoms in total. The number of amides is 1. The fourth-order valence-corrected chi connectivity index (χ4v) is 2.79. The van der Waals surface area contributed by atoms with Gasteiger partial charge in [-0.3, -0.25) is 4.79 Å². The molecular formula is C14H21ClN2OS. The number of halogens is 1. The summed E-state index contributed by atoms with van der Waals surface area (Å²) in [6.45, 7) is 3.35. The van der Waals surface area contributed by atoms with E-state index >= 15 is 0 Å². The van der Waals surface area contributed by atoms with Gasteiger partial charge in [0.15, 0.2) is 0 Å². The molecule has 1 aromatic rings. The maximum absolute atomic E-state index is 11.9. The van der Waals surface area contributed by atoms with E-state index in [0.717, 1.165) is 11.3 Å². The monoisotopic (exact) mass is 300 g/mol. The molecule has 2 N–H and O–H groups in total. The highest BCUT2D eigenvalue weighted by atomic mass is 35.5. The molecule has 0 radical (unpaired) electrons. The lowest BCUT2D eigenvalue weighted by molar-refractivity contribution is -0.127. The van der Waals surface area contributed by atoms with Crippen molar-refractivity contribution >= 4 is 29.3 Å². The molecule has 0 saturated heterocycles. The van der Waals surface area contributed by atoms with Crippen molar-refractivity contribution in [3.8, 4) is 0 Å². The van der Waals surface area contributed by atoms with Crippen molar-refractivity contribution in [3.63, 3.8) is 0 Å². The highest BCUT2D eigenvalue weighted by Gasteiger charge is 2.10. The molecule has 1 rings (SSSR count). The van der Waals surface area contributed by atoms with Crippen LogP contribution < -0.4 is 5.73 Å². The van der Waals surface area contributed by atoms with Crippen LogP contribution in [0.15, 0.2) is 24.3 Å². The van der Waals surface area contributed by atoms with E-state index in [0.29, 0.717) is 29.8 Å². The molecule has 5 heteroatoms. The highest BCUT2D eigenvalue weighted by Crippen LogP contribution is 2.13. The molecular weight excluding hydrogens is 280 g/mol. The van der Waals surface area contributed by atoms with E-state index in [2.05, 4.69) is 6.92 Å². The maximum atomic E-state index is 11.9. The van der Waals surface area contributed by atoms with Gasteiger partial charge in [0.1, 0.15) is 0 Å². The number of carbonyl (C=O) groups excluding carboxylic acids is 1. The van der Waals surface area contributed by atoms with Crippen LogP contribution in [0.2, 0.25) is 5.02 Å². The minimum Gasteiger partial charge on any atom is -0.341 e. The van der Waals surface area contributed by atoms with Gasteiger partial charge >= 0.3 is 0 Å². The maximum Gasteiger partial charge on any atom is 0.232 e. The van der Waals surface area contributed by atoms with Crippen molar-refractivity contribution in [2.45, 2.75) is 13.5 Å². The fourth-order valence-electron chi connectivity index (χ4n) is 1.52. The minimum atomic E-state index is 0.134. The fraction of sp³-hybridized carbons (Fsp3) is 0.500. The van der Waals surface area contributed by atoms with Crippen molar-refractivity contribution in [2.24, 2.45) is 11.7 Å². The Kier molecular flexibility index (Phi) is 7.28. The second-order valence-electron chi connectivity index (χ2n) is 4.74. The number of thioether (sulfide) groups is 1. The van der Waals surface area contributed by atoms with E-state index in [1.807, 2.05) is 31.3 Å². The Morgan fingerprint density at radius 1 is 1.53 bits per heavy atom. The zero-order valence-electron chi connectivity index (χ0n) is 11.4. The molecule has 1 atom stereocenters. The first-order valence-corrected chi connectivity index (χ1v) is 7.82. The summed E-state index contributed by atoms with van der Waals surface area (Å²) in [5.41, 5.74) is 6.59. The molecule has 1 amide bonds. The summed E-state index contributed by atoms with van der Waals surface area (Å²) in [6, 6.07) is 7.58. The summed E-state index contributed by atoms with van der Waals surface area (Å²) < 4.78 is 0. The van der Waals surface area contributed by atoms with Gasteiger partial charge < -0.3 is 10.6 Å². The minimum absolute atomic E-state index is 0.134. The van der Waals surface area contributed by atoms with Crippen molar-refractivity contribution in [3.05, 3.63) is 34.9 Å². The van der Waals surface area contributed by atoms with E-state index in [1.54, 1.807) is 16.7 Å². The molecule has 0 spiro atoms. The lowest BCUT2D eigenvalue weighted by Crippen LogP contribution is -2.28. The van der Waals surface area contributed by atoms with E-state index in [-0.39, 0.29) is 5.91 Å². The predicted molar refractivity (Wildman–Crippen MR) is 83.5 cm³/mol. The van der Waals surface area contributed by atoms with Crippen molar-refractivity contribution in [2.75, 3.05) is 25.1 Å². The van der Waals surface area contributed by atoms with E-state index in [4.69, 9.17) is 17.3 Å². The Balaban J connectivity index is 2.36. The largest absolute Gasteiger partial charge is 0.341 e. The van der Waals surface area contributed by atoms with Crippen LogP contribution in [-0.2, 0) is 11.3 Å². The third-order valence-electron chi connectivity index (χ3n) is 2.76. The lowest BCUT2D eigenvalue weighted by atomic mass is 10.2. The Morgan fingerprint density at radius 3 is 2.89 bits per heavy atom. The van der Waals surface area contributed by atoms with Gasteiger partial charge in [-0.2, -0.15) is 11.8 Å². The van der Waals surface area contributed by atoms with Crippen molar-refractivity contribution < 1.29 is 4.79 Å². The van der Waals surface area contributed by atoms with Gasteiger partial charge in [0.05, 0.1) is 5.75 Å². The third-order valence-corrected chi connectivity index (χ3v) is 4.26. The molecule has 0 fully saturated rings.